The predicted molar refractivity (Wildman–Crippen MR) is 111 cm³/mol. The number of halogens is 1. The van der Waals surface area contributed by atoms with E-state index >= 15 is 0 Å². The minimum absolute atomic E-state index is 0.0689. The number of rotatable bonds is 2. The Bertz CT molecular complexity index is 1010. The van der Waals surface area contributed by atoms with E-state index in [9.17, 15) is 9.59 Å². The monoisotopic (exact) mass is 428 g/mol. The van der Waals surface area contributed by atoms with Gasteiger partial charge < -0.3 is 24.0 Å². The zero-order valence-corrected chi connectivity index (χ0v) is 17.1. The van der Waals surface area contributed by atoms with Crippen molar-refractivity contribution in [2.45, 2.75) is 25.4 Å². The van der Waals surface area contributed by atoms with Crippen molar-refractivity contribution in [3.8, 4) is 17.2 Å². The van der Waals surface area contributed by atoms with Crippen molar-refractivity contribution in [2.75, 3.05) is 31.3 Å². The van der Waals surface area contributed by atoms with Crippen LogP contribution in [0.5, 0.6) is 17.2 Å². The number of para-hydroxylation sites is 2. The van der Waals surface area contributed by atoms with Gasteiger partial charge in [0.1, 0.15) is 5.75 Å². The lowest BCUT2D eigenvalue weighted by Gasteiger charge is -2.37. The quantitative estimate of drug-likeness (QED) is 0.732. The van der Waals surface area contributed by atoms with Crippen LogP contribution in [0.3, 0.4) is 0 Å². The zero-order chi connectivity index (χ0) is 20.7. The minimum Gasteiger partial charge on any atom is -0.476 e. The topological polar surface area (TPSA) is 68.3 Å². The van der Waals surface area contributed by atoms with Gasteiger partial charge in [0.05, 0.1) is 17.3 Å². The van der Waals surface area contributed by atoms with Crippen molar-refractivity contribution >= 4 is 29.1 Å². The third-order valence-corrected chi connectivity index (χ3v) is 5.92. The Morgan fingerprint density at radius 3 is 2.63 bits per heavy atom. The highest BCUT2D eigenvalue weighted by atomic mass is 35.5. The lowest BCUT2D eigenvalue weighted by molar-refractivity contribution is -0.139. The van der Waals surface area contributed by atoms with E-state index in [4.69, 9.17) is 25.8 Å². The maximum Gasteiger partial charge on any atom is 0.265 e. The molecule has 1 atom stereocenters. The summed E-state index contributed by atoms with van der Waals surface area (Å²) >= 11 is 6.28. The molecule has 156 valence electrons. The molecular weight excluding hydrogens is 408 g/mol. The highest BCUT2D eigenvalue weighted by molar-refractivity contribution is 6.33. The molecule has 1 unspecified atom stereocenters. The number of ether oxygens (including phenoxy) is 3. The van der Waals surface area contributed by atoms with Gasteiger partial charge in [-0.2, -0.15) is 0 Å². The van der Waals surface area contributed by atoms with Gasteiger partial charge in [-0.3, -0.25) is 9.59 Å². The molecule has 3 heterocycles. The molecule has 8 heteroatoms. The lowest BCUT2D eigenvalue weighted by atomic mass is 10.1. The van der Waals surface area contributed by atoms with E-state index in [1.807, 2.05) is 23.1 Å². The number of piperidine rings is 1. The Morgan fingerprint density at radius 1 is 1.00 bits per heavy atom. The molecular formula is C22H21ClN2O5. The first-order valence-electron chi connectivity index (χ1n) is 10.1. The number of hydrogen-bond donors (Lipinski definition) is 0. The van der Waals surface area contributed by atoms with E-state index in [2.05, 4.69) is 0 Å². The van der Waals surface area contributed by atoms with Gasteiger partial charge in [-0.05, 0) is 43.5 Å². The second kappa shape index (κ2) is 7.72. The van der Waals surface area contributed by atoms with E-state index in [0.29, 0.717) is 33.5 Å². The summed E-state index contributed by atoms with van der Waals surface area (Å²) in [5, 5.41) is 0.316. The molecule has 7 nitrogen and oxygen atoms in total. The number of fused-ring (bicyclic) bond motifs is 2. The van der Waals surface area contributed by atoms with Gasteiger partial charge in [0.15, 0.2) is 17.6 Å². The fourth-order valence-corrected chi connectivity index (χ4v) is 4.39. The standard InChI is InChI=1S/C22H21ClN2O5/c23-15-10-14(11-18-20(15)29-13-28-18)21(26)25-12-19(22(27)24-8-4-1-5-9-24)30-17-7-3-2-6-16(17)25/h2-3,6-7,10-11,19H,1,4-5,8-9,12-13H2. The lowest BCUT2D eigenvalue weighted by Crippen LogP contribution is -2.52. The first-order chi connectivity index (χ1) is 14.6. The van der Waals surface area contributed by atoms with E-state index in [0.717, 1.165) is 32.4 Å². The summed E-state index contributed by atoms with van der Waals surface area (Å²) in [6.45, 7) is 1.66. The maximum atomic E-state index is 13.4. The molecule has 30 heavy (non-hydrogen) atoms. The minimum atomic E-state index is -0.744. The summed E-state index contributed by atoms with van der Waals surface area (Å²) in [7, 11) is 0. The summed E-state index contributed by atoms with van der Waals surface area (Å²) in [6, 6.07) is 10.4. The molecule has 1 saturated heterocycles. The first kappa shape index (κ1) is 19.1. The van der Waals surface area contributed by atoms with Crippen molar-refractivity contribution in [2.24, 2.45) is 0 Å². The number of benzene rings is 2. The number of carbonyl (C=O) groups excluding carboxylic acids is 2. The third-order valence-electron chi connectivity index (χ3n) is 5.64. The Labute approximate surface area is 179 Å². The SMILES string of the molecule is O=C(C1CN(C(=O)c2cc(Cl)c3c(c2)OCO3)c2ccccc2O1)N1CCCCC1. The number of amides is 2. The smallest absolute Gasteiger partial charge is 0.265 e. The maximum absolute atomic E-state index is 13.4. The summed E-state index contributed by atoms with van der Waals surface area (Å²) in [5.41, 5.74) is 0.990. The van der Waals surface area contributed by atoms with Crippen LogP contribution in [-0.4, -0.2) is 49.2 Å². The van der Waals surface area contributed by atoms with Crippen molar-refractivity contribution < 1.29 is 23.8 Å². The molecule has 2 amide bonds. The molecule has 2 aromatic carbocycles. The Balaban J connectivity index is 1.46. The van der Waals surface area contributed by atoms with Crippen LogP contribution in [0.1, 0.15) is 29.6 Å². The molecule has 3 aliphatic rings. The Kier molecular flexibility index (Phi) is 4.90. The summed E-state index contributed by atoms with van der Waals surface area (Å²) in [6.07, 6.45) is 2.38. The number of carbonyl (C=O) groups is 2. The summed E-state index contributed by atoms with van der Waals surface area (Å²) in [4.78, 5) is 29.9. The fraction of sp³-hybridized carbons (Fsp3) is 0.364. The molecule has 1 fully saturated rings. The number of anilines is 1. The van der Waals surface area contributed by atoms with Gasteiger partial charge in [-0.15, -0.1) is 0 Å². The van der Waals surface area contributed by atoms with Crippen molar-refractivity contribution in [3.05, 3.63) is 47.0 Å². The average Bonchev–Trinajstić information content (AvgIpc) is 3.27. The van der Waals surface area contributed by atoms with Crippen LogP contribution in [0.25, 0.3) is 0 Å². The van der Waals surface area contributed by atoms with Gasteiger partial charge in [-0.1, -0.05) is 23.7 Å². The molecule has 0 N–H and O–H groups in total. The fourth-order valence-electron chi connectivity index (χ4n) is 4.12. The molecule has 0 aliphatic carbocycles. The molecule has 0 radical (unpaired) electrons. The predicted octanol–water partition coefficient (Wildman–Crippen LogP) is 3.49. The third kappa shape index (κ3) is 3.33. The van der Waals surface area contributed by atoms with Crippen molar-refractivity contribution in [1.82, 2.24) is 4.90 Å². The number of likely N-dealkylation sites (tertiary alicyclic amines) is 1. The number of hydrogen-bond acceptors (Lipinski definition) is 5. The largest absolute Gasteiger partial charge is 0.476 e. The van der Waals surface area contributed by atoms with E-state index < -0.39 is 6.10 Å². The first-order valence-corrected chi connectivity index (χ1v) is 10.4. The molecule has 3 aliphatic heterocycles. The molecule has 5 rings (SSSR count). The molecule has 0 aromatic heterocycles. The number of nitrogens with zero attached hydrogens (tertiary/aromatic N) is 2. The molecule has 0 saturated carbocycles. The van der Waals surface area contributed by atoms with Crippen LogP contribution in [-0.2, 0) is 4.79 Å². The van der Waals surface area contributed by atoms with E-state index in [1.54, 1.807) is 23.1 Å². The van der Waals surface area contributed by atoms with E-state index in [1.165, 1.54) is 0 Å². The molecule has 0 spiro atoms. The van der Waals surface area contributed by atoms with Crippen molar-refractivity contribution in [3.63, 3.8) is 0 Å². The van der Waals surface area contributed by atoms with Gasteiger partial charge in [0.25, 0.3) is 11.8 Å². The summed E-state index contributed by atoms with van der Waals surface area (Å²) < 4.78 is 16.7. The van der Waals surface area contributed by atoms with Gasteiger partial charge in [0.2, 0.25) is 6.79 Å². The van der Waals surface area contributed by atoms with Gasteiger partial charge in [-0.25, -0.2) is 0 Å². The van der Waals surface area contributed by atoms with E-state index in [-0.39, 0.29) is 25.2 Å². The normalized spacial score (nSPS) is 19.8. The van der Waals surface area contributed by atoms with Crippen LogP contribution >= 0.6 is 11.6 Å². The van der Waals surface area contributed by atoms with Crippen LogP contribution < -0.4 is 19.1 Å². The zero-order valence-electron chi connectivity index (χ0n) is 16.3. The molecule has 2 aromatic rings. The second-order valence-electron chi connectivity index (χ2n) is 7.57. The molecule has 0 bridgehead atoms. The van der Waals surface area contributed by atoms with Crippen LogP contribution in [0, 0.1) is 0 Å². The van der Waals surface area contributed by atoms with Crippen LogP contribution in [0.4, 0.5) is 5.69 Å². The van der Waals surface area contributed by atoms with Gasteiger partial charge in [0, 0.05) is 18.7 Å². The average molecular weight is 429 g/mol. The highest BCUT2D eigenvalue weighted by Gasteiger charge is 2.37. The van der Waals surface area contributed by atoms with Gasteiger partial charge >= 0.3 is 0 Å². The van der Waals surface area contributed by atoms with Crippen LogP contribution in [0.2, 0.25) is 5.02 Å². The Morgan fingerprint density at radius 2 is 1.80 bits per heavy atom. The second-order valence-corrected chi connectivity index (χ2v) is 7.97. The van der Waals surface area contributed by atoms with Crippen molar-refractivity contribution in [1.29, 1.82) is 0 Å². The summed E-state index contributed by atoms with van der Waals surface area (Å²) in [5.74, 6) is 1.04. The van der Waals surface area contributed by atoms with Crippen LogP contribution in [0.15, 0.2) is 36.4 Å². The Hall–Kier alpha value is -2.93. The highest BCUT2D eigenvalue weighted by Crippen LogP contribution is 2.41.